The molecule has 0 saturated carbocycles. The summed E-state index contributed by atoms with van der Waals surface area (Å²) in [6.45, 7) is 6.36. The van der Waals surface area contributed by atoms with Gasteiger partial charge < -0.3 is 14.2 Å². The Labute approximate surface area is 338 Å². The topological polar surface area (TPSA) is 78.9 Å². The molecule has 0 bridgehead atoms. The lowest BCUT2D eigenvalue weighted by molar-refractivity contribution is -0.167. The first kappa shape index (κ1) is 51.9. The van der Waals surface area contributed by atoms with Gasteiger partial charge in [0.25, 0.3) is 0 Å². The third-order valence-electron chi connectivity index (χ3n) is 9.16. The van der Waals surface area contributed by atoms with Gasteiger partial charge in [0.2, 0.25) is 0 Å². The Morgan fingerprint density at radius 1 is 0.382 bits per heavy atom. The molecule has 6 nitrogen and oxygen atoms in total. The monoisotopic (exact) mass is 767 g/mol. The Morgan fingerprint density at radius 3 is 1.24 bits per heavy atom. The molecule has 0 N–H and O–H groups in total. The maximum absolute atomic E-state index is 12.6. The lowest BCUT2D eigenvalue weighted by Crippen LogP contribution is -2.30. The van der Waals surface area contributed by atoms with Crippen LogP contribution in [0, 0.1) is 0 Å². The summed E-state index contributed by atoms with van der Waals surface area (Å²) >= 11 is 0. The average Bonchev–Trinajstić information content (AvgIpc) is 3.18. The Hall–Kier alpha value is -3.15. The number of hydrogen-bond acceptors (Lipinski definition) is 6. The Bertz CT molecular complexity index is 1070. The van der Waals surface area contributed by atoms with Gasteiger partial charge in [0.15, 0.2) is 6.10 Å². The van der Waals surface area contributed by atoms with Crippen molar-refractivity contribution in [2.45, 2.75) is 207 Å². The van der Waals surface area contributed by atoms with Crippen molar-refractivity contribution in [3.63, 3.8) is 0 Å². The molecule has 314 valence electrons. The summed E-state index contributed by atoms with van der Waals surface area (Å²) in [5.41, 5.74) is 0. The molecular weight excluding hydrogens is 685 g/mol. The van der Waals surface area contributed by atoms with E-state index in [1.807, 2.05) is 0 Å². The molecule has 55 heavy (non-hydrogen) atoms. The molecule has 6 heteroatoms. The molecule has 0 aliphatic rings. The number of rotatable bonds is 39. The second kappa shape index (κ2) is 43.6. The predicted octanol–water partition coefficient (Wildman–Crippen LogP) is 14.3. The molecule has 0 aliphatic carbocycles. The van der Waals surface area contributed by atoms with Crippen LogP contribution in [0.3, 0.4) is 0 Å². The number of ether oxygens (including phenoxy) is 3. The minimum Gasteiger partial charge on any atom is -0.462 e. The van der Waals surface area contributed by atoms with Crippen LogP contribution in [0.15, 0.2) is 72.9 Å². The summed E-state index contributed by atoms with van der Waals surface area (Å²) in [5, 5.41) is 0. The van der Waals surface area contributed by atoms with Crippen LogP contribution in [-0.4, -0.2) is 37.2 Å². The van der Waals surface area contributed by atoms with E-state index in [1.54, 1.807) is 0 Å². The standard InChI is InChI=1S/C49H82O6/c1-4-7-10-13-16-19-21-22-23-24-25-26-28-30-33-36-39-42-48(51)54-45-46(44-53-47(50)41-38-35-32-29-18-15-12-9-6-3)55-49(52)43-40-37-34-31-27-20-17-14-11-8-5-2/h8,11,16-17,19-20,22-23,29,31-32,34,46H,4-7,9-10,12-15,18,21,24-28,30,33,35-45H2,1-3H3/b11-8-,19-16-,20-17-,23-22-,32-29-,34-31-. The van der Waals surface area contributed by atoms with Crippen molar-refractivity contribution in [1.82, 2.24) is 0 Å². The fourth-order valence-electron chi connectivity index (χ4n) is 5.79. The minimum atomic E-state index is -0.812. The number of carbonyl (C=O) groups excluding carboxylic acids is 3. The molecule has 0 heterocycles. The highest BCUT2D eigenvalue weighted by Gasteiger charge is 2.19. The van der Waals surface area contributed by atoms with Crippen molar-refractivity contribution < 1.29 is 28.6 Å². The van der Waals surface area contributed by atoms with Crippen molar-refractivity contribution in [2.75, 3.05) is 13.2 Å². The number of carbonyl (C=O) groups is 3. The van der Waals surface area contributed by atoms with Gasteiger partial charge in [-0.2, -0.15) is 0 Å². The van der Waals surface area contributed by atoms with Crippen LogP contribution in [0.4, 0.5) is 0 Å². The zero-order valence-corrected chi connectivity index (χ0v) is 35.7. The Kier molecular flexibility index (Phi) is 41.1. The van der Waals surface area contributed by atoms with E-state index in [0.29, 0.717) is 25.7 Å². The highest BCUT2D eigenvalue weighted by Crippen LogP contribution is 2.12. The van der Waals surface area contributed by atoms with Gasteiger partial charge in [-0.05, 0) is 96.3 Å². The summed E-state index contributed by atoms with van der Waals surface area (Å²) in [7, 11) is 0. The maximum atomic E-state index is 12.6. The average molecular weight is 767 g/mol. The molecule has 0 radical (unpaired) electrons. The van der Waals surface area contributed by atoms with Gasteiger partial charge in [-0.25, -0.2) is 0 Å². The normalized spacial score (nSPS) is 12.7. The molecule has 0 aromatic heterocycles. The molecule has 0 amide bonds. The van der Waals surface area contributed by atoms with Crippen LogP contribution in [0.1, 0.15) is 201 Å². The lowest BCUT2D eigenvalue weighted by Gasteiger charge is -2.18. The van der Waals surface area contributed by atoms with Crippen LogP contribution < -0.4 is 0 Å². The van der Waals surface area contributed by atoms with Gasteiger partial charge in [0.1, 0.15) is 13.2 Å². The van der Waals surface area contributed by atoms with Gasteiger partial charge in [-0.3, -0.25) is 14.4 Å². The molecule has 0 aromatic rings. The maximum Gasteiger partial charge on any atom is 0.306 e. The van der Waals surface area contributed by atoms with Crippen LogP contribution in [-0.2, 0) is 28.6 Å². The third-order valence-corrected chi connectivity index (χ3v) is 9.16. The highest BCUT2D eigenvalue weighted by molar-refractivity contribution is 5.71. The quantitative estimate of drug-likeness (QED) is 0.0268. The van der Waals surface area contributed by atoms with E-state index in [2.05, 4.69) is 93.7 Å². The van der Waals surface area contributed by atoms with Crippen molar-refractivity contribution in [2.24, 2.45) is 0 Å². The first-order valence-corrected chi connectivity index (χ1v) is 22.4. The number of unbranched alkanes of at least 4 members (excludes halogenated alkanes) is 16. The minimum absolute atomic E-state index is 0.109. The molecule has 0 saturated heterocycles. The van der Waals surface area contributed by atoms with Gasteiger partial charge in [-0.1, -0.05) is 158 Å². The Morgan fingerprint density at radius 2 is 0.727 bits per heavy atom. The first-order chi connectivity index (χ1) is 27.0. The smallest absolute Gasteiger partial charge is 0.306 e. The largest absolute Gasteiger partial charge is 0.462 e. The molecule has 0 fully saturated rings. The summed E-state index contributed by atoms with van der Waals surface area (Å²) in [4.78, 5) is 37.6. The van der Waals surface area contributed by atoms with E-state index in [9.17, 15) is 14.4 Å². The predicted molar refractivity (Wildman–Crippen MR) is 233 cm³/mol. The third kappa shape index (κ3) is 41.8. The molecule has 0 aromatic carbocycles. The molecule has 0 rings (SSSR count). The van der Waals surface area contributed by atoms with Gasteiger partial charge >= 0.3 is 17.9 Å². The van der Waals surface area contributed by atoms with Crippen molar-refractivity contribution >= 4 is 17.9 Å². The lowest BCUT2D eigenvalue weighted by atomic mass is 10.1. The van der Waals surface area contributed by atoms with Crippen molar-refractivity contribution in [3.8, 4) is 0 Å². The van der Waals surface area contributed by atoms with Crippen molar-refractivity contribution in [1.29, 1.82) is 0 Å². The van der Waals surface area contributed by atoms with Gasteiger partial charge in [0, 0.05) is 19.3 Å². The van der Waals surface area contributed by atoms with Gasteiger partial charge in [0.05, 0.1) is 0 Å². The number of hydrogen-bond donors (Lipinski definition) is 0. The zero-order chi connectivity index (χ0) is 40.1. The van der Waals surface area contributed by atoms with Gasteiger partial charge in [-0.15, -0.1) is 0 Å². The summed E-state index contributed by atoms with van der Waals surface area (Å²) in [6.07, 6.45) is 53.3. The Balaban J connectivity index is 4.42. The second-order valence-corrected chi connectivity index (χ2v) is 14.6. The second-order valence-electron chi connectivity index (χ2n) is 14.6. The number of esters is 3. The molecule has 1 unspecified atom stereocenters. The molecule has 0 aliphatic heterocycles. The number of allylic oxidation sites excluding steroid dienone is 12. The van der Waals surface area contributed by atoms with E-state index in [4.69, 9.17) is 14.2 Å². The van der Waals surface area contributed by atoms with E-state index >= 15 is 0 Å². The van der Waals surface area contributed by atoms with E-state index in [1.165, 1.54) is 77.0 Å². The van der Waals surface area contributed by atoms with Crippen LogP contribution in [0.5, 0.6) is 0 Å². The van der Waals surface area contributed by atoms with Crippen LogP contribution in [0.25, 0.3) is 0 Å². The fraction of sp³-hybridized carbons (Fsp3) is 0.694. The van der Waals surface area contributed by atoms with Crippen LogP contribution >= 0.6 is 0 Å². The molecule has 0 spiro atoms. The SMILES string of the molecule is CC/C=C\C/C=C\C/C=C\CCCC(=O)OC(COC(=O)CCC/C=C\CCCCCC)COC(=O)CCCCCCCCC/C=C\C/C=C\CCCCC. The molecular formula is C49H82O6. The van der Waals surface area contributed by atoms with E-state index in [0.717, 1.165) is 70.6 Å². The zero-order valence-electron chi connectivity index (χ0n) is 35.7. The molecule has 1 atom stereocenters. The van der Waals surface area contributed by atoms with Crippen molar-refractivity contribution in [3.05, 3.63) is 72.9 Å². The van der Waals surface area contributed by atoms with Crippen LogP contribution in [0.2, 0.25) is 0 Å². The summed E-state index contributed by atoms with van der Waals surface area (Å²) in [5.74, 6) is -1.02. The summed E-state index contributed by atoms with van der Waals surface area (Å²) < 4.78 is 16.6. The highest BCUT2D eigenvalue weighted by atomic mass is 16.6. The fourth-order valence-corrected chi connectivity index (χ4v) is 5.79. The van der Waals surface area contributed by atoms with E-state index in [-0.39, 0.29) is 37.5 Å². The summed E-state index contributed by atoms with van der Waals surface area (Å²) in [6, 6.07) is 0. The first-order valence-electron chi connectivity index (χ1n) is 22.4. The van der Waals surface area contributed by atoms with E-state index < -0.39 is 6.10 Å².